The van der Waals surface area contributed by atoms with Crippen molar-refractivity contribution in [2.24, 2.45) is 5.92 Å². The van der Waals surface area contributed by atoms with E-state index >= 15 is 0 Å². The molecule has 0 radical (unpaired) electrons. The monoisotopic (exact) mass is 183 g/mol. The molecule has 1 heterocycles. The van der Waals surface area contributed by atoms with Gasteiger partial charge in [-0.15, -0.1) is 0 Å². The number of ether oxygens (including phenoxy) is 1. The van der Waals surface area contributed by atoms with Crippen LogP contribution in [-0.2, 0) is 4.74 Å². The third-order valence-electron chi connectivity index (χ3n) is 3.67. The van der Waals surface area contributed by atoms with E-state index < -0.39 is 0 Å². The van der Waals surface area contributed by atoms with Gasteiger partial charge in [-0.25, -0.2) is 0 Å². The van der Waals surface area contributed by atoms with Crippen LogP contribution in [0.3, 0.4) is 0 Å². The third kappa shape index (κ3) is 2.05. The lowest BCUT2D eigenvalue weighted by Crippen LogP contribution is -2.43. The fourth-order valence-corrected chi connectivity index (χ4v) is 2.62. The highest BCUT2D eigenvalue weighted by molar-refractivity contribution is 4.87. The Morgan fingerprint density at radius 1 is 1.08 bits per heavy atom. The second kappa shape index (κ2) is 3.97. The first kappa shape index (κ1) is 9.47. The van der Waals surface area contributed by atoms with Crippen LogP contribution in [0.25, 0.3) is 0 Å². The Hall–Kier alpha value is -0.0800. The van der Waals surface area contributed by atoms with E-state index in [2.05, 4.69) is 19.2 Å². The fourth-order valence-electron chi connectivity index (χ4n) is 2.62. The Balaban J connectivity index is 1.82. The van der Waals surface area contributed by atoms with Crippen molar-refractivity contribution < 1.29 is 4.74 Å². The van der Waals surface area contributed by atoms with Gasteiger partial charge in [-0.05, 0) is 32.1 Å². The molecule has 2 nitrogen and oxygen atoms in total. The van der Waals surface area contributed by atoms with Crippen LogP contribution in [-0.4, -0.2) is 24.8 Å². The molecule has 2 heteroatoms. The molecule has 0 aromatic heterocycles. The van der Waals surface area contributed by atoms with E-state index in [4.69, 9.17) is 4.74 Å². The second-order valence-corrected chi connectivity index (χ2v) is 4.65. The maximum atomic E-state index is 5.55. The quantitative estimate of drug-likeness (QED) is 0.706. The van der Waals surface area contributed by atoms with Crippen molar-refractivity contribution in [3.8, 4) is 0 Å². The van der Waals surface area contributed by atoms with Gasteiger partial charge >= 0.3 is 0 Å². The van der Waals surface area contributed by atoms with Gasteiger partial charge in [0.1, 0.15) is 0 Å². The maximum Gasteiger partial charge on any atom is 0.0700 e. The van der Waals surface area contributed by atoms with Crippen molar-refractivity contribution in [3.05, 3.63) is 0 Å². The van der Waals surface area contributed by atoms with Crippen LogP contribution >= 0.6 is 0 Å². The fraction of sp³-hybridized carbons (Fsp3) is 1.00. The summed E-state index contributed by atoms with van der Waals surface area (Å²) in [6, 6.07) is 1.37. The molecule has 0 aromatic carbocycles. The van der Waals surface area contributed by atoms with Crippen molar-refractivity contribution in [3.63, 3.8) is 0 Å². The molecular formula is C11H21NO. The molecule has 2 fully saturated rings. The van der Waals surface area contributed by atoms with E-state index in [0.717, 1.165) is 18.6 Å². The lowest BCUT2D eigenvalue weighted by molar-refractivity contribution is 0.109. The maximum absolute atomic E-state index is 5.55. The van der Waals surface area contributed by atoms with Crippen molar-refractivity contribution in [1.82, 2.24) is 5.32 Å². The first-order valence-corrected chi connectivity index (χ1v) is 5.65. The van der Waals surface area contributed by atoms with Gasteiger partial charge in [-0.2, -0.15) is 0 Å². The minimum atomic E-state index is 0.424. The van der Waals surface area contributed by atoms with Crippen molar-refractivity contribution in [1.29, 1.82) is 0 Å². The van der Waals surface area contributed by atoms with E-state index in [-0.39, 0.29) is 0 Å². The highest BCUT2D eigenvalue weighted by atomic mass is 16.5. The average molecular weight is 183 g/mol. The van der Waals surface area contributed by atoms with Gasteiger partial charge in [-0.3, -0.25) is 0 Å². The largest absolute Gasteiger partial charge is 0.377 e. The van der Waals surface area contributed by atoms with Gasteiger partial charge in [0, 0.05) is 18.7 Å². The first-order valence-electron chi connectivity index (χ1n) is 5.65. The van der Waals surface area contributed by atoms with Crippen LogP contribution in [0.15, 0.2) is 0 Å². The molecule has 1 saturated heterocycles. The zero-order chi connectivity index (χ0) is 9.26. The van der Waals surface area contributed by atoms with E-state index in [9.17, 15) is 0 Å². The van der Waals surface area contributed by atoms with Gasteiger partial charge in [0.2, 0.25) is 0 Å². The zero-order valence-corrected chi connectivity index (χ0v) is 8.75. The highest BCUT2D eigenvalue weighted by Gasteiger charge is 2.30. The molecule has 0 spiro atoms. The van der Waals surface area contributed by atoms with Gasteiger partial charge < -0.3 is 10.1 Å². The van der Waals surface area contributed by atoms with Gasteiger partial charge in [0.15, 0.2) is 0 Å². The van der Waals surface area contributed by atoms with E-state index in [1.165, 1.54) is 25.7 Å². The summed E-state index contributed by atoms with van der Waals surface area (Å²) in [4.78, 5) is 0. The third-order valence-corrected chi connectivity index (χ3v) is 3.67. The summed E-state index contributed by atoms with van der Waals surface area (Å²) in [6.45, 7) is 5.50. The van der Waals surface area contributed by atoms with E-state index in [1.54, 1.807) is 0 Å². The first-order chi connectivity index (χ1) is 6.27. The van der Waals surface area contributed by atoms with Crippen molar-refractivity contribution in [2.45, 2.75) is 57.7 Å². The standard InChI is InChI=1S/C11H21NO/c1-8-4-3-5-10(8)12-11-6-7-13-9(11)2/h8-12H,3-7H2,1-2H3. The summed E-state index contributed by atoms with van der Waals surface area (Å²) < 4.78 is 5.55. The van der Waals surface area contributed by atoms with Gasteiger partial charge in [0.05, 0.1) is 6.10 Å². The summed E-state index contributed by atoms with van der Waals surface area (Å²) >= 11 is 0. The molecule has 13 heavy (non-hydrogen) atoms. The number of rotatable bonds is 2. The van der Waals surface area contributed by atoms with Crippen molar-refractivity contribution in [2.75, 3.05) is 6.61 Å². The summed E-state index contributed by atoms with van der Waals surface area (Å²) in [6.07, 6.45) is 5.79. The second-order valence-electron chi connectivity index (χ2n) is 4.65. The molecule has 0 aromatic rings. The van der Waals surface area contributed by atoms with Crippen LogP contribution in [0.1, 0.15) is 39.5 Å². The molecule has 4 atom stereocenters. The SMILES string of the molecule is CC1CCCC1NC1CCOC1C. The summed E-state index contributed by atoms with van der Waals surface area (Å²) in [5.41, 5.74) is 0. The van der Waals surface area contributed by atoms with Crippen LogP contribution in [0.4, 0.5) is 0 Å². The Morgan fingerprint density at radius 2 is 1.92 bits per heavy atom. The highest BCUT2D eigenvalue weighted by Crippen LogP contribution is 2.26. The Bertz CT molecular complexity index is 153. The van der Waals surface area contributed by atoms with Gasteiger partial charge in [0.25, 0.3) is 0 Å². The lowest BCUT2D eigenvalue weighted by Gasteiger charge is -2.24. The molecule has 76 valence electrons. The van der Waals surface area contributed by atoms with Crippen molar-refractivity contribution >= 4 is 0 Å². The molecule has 2 rings (SSSR count). The topological polar surface area (TPSA) is 21.3 Å². The Morgan fingerprint density at radius 3 is 2.46 bits per heavy atom. The molecule has 1 N–H and O–H groups in total. The predicted octanol–water partition coefficient (Wildman–Crippen LogP) is 1.94. The Kier molecular flexibility index (Phi) is 2.89. The molecule has 2 aliphatic rings. The average Bonchev–Trinajstić information content (AvgIpc) is 2.65. The smallest absolute Gasteiger partial charge is 0.0700 e. The molecule has 4 unspecified atom stereocenters. The van der Waals surface area contributed by atoms with E-state index in [1.807, 2.05) is 0 Å². The summed E-state index contributed by atoms with van der Waals surface area (Å²) in [5, 5.41) is 3.75. The molecular weight excluding hydrogens is 162 g/mol. The molecule has 1 aliphatic heterocycles. The van der Waals surface area contributed by atoms with Gasteiger partial charge in [-0.1, -0.05) is 13.3 Å². The van der Waals surface area contributed by atoms with Crippen LogP contribution < -0.4 is 5.32 Å². The van der Waals surface area contributed by atoms with Crippen LogP contribution in [0, 0.1) is 5.92 Å². The predicted molar refractivity (Wildman–Crippen MR) is 53.8 cm³/mol. The normalized spacial score (nSPS) is 45.7. The molecule has 1 saturated carbocycles. The summed E-state index contributed by atoms with van der Waals surface area (Å²) in [7, 11) is 0. The zero-order valence-electron chi connectivity index (χ0n) is 8.75. The molecule has 1 aliphatic carbocycles. The molecule has 0 amide bonds. The van der Waals surface area contributed by atoms with E-state index in [0.29, 0.717) is 12.1 Å². The molecule has 0 bridgehead atoms. The number of hydrogen-bond acceptors (Lipinski definition) is 2. The summed E-state index contributed by atoms with van der Waals surface area (Å²) in [5.74, 6) is 0.868. The minimum absolute atomic E-state index is 0.424. The minimum Gasteiger partial charge on any atom is -0.377 e. The van der Waals surface area contributed by atoms with Crippen LogP contribution in [0.5, 0.6) is 0 Å². The lowest BCUT2D eigenvalue weighted by atomic mass is 10.0. The Labute approximate surface area is 81.0 Å². The van der Waals surface area contributed by atoms with Crippen LogP contribution in [0.2, 0.25) is 0 Å². The number of nitrogens with one attached hydrogen (secondary N) is 1. The number of hydrogen-bond donors (Lipinski definition) is 1.